The highest BCUT2D eigenvalue weighted by atomic mass is 35.5. The van der Waals surface area contributed by atoms with Crippen LogP contribution in [0, 0.1) is 17.0 Å². The number of rotatable bonds is 9. The van der Waals surface area contributed by atoms with Crippen molar-refractivity contribution in [2.45, 2.75) is 6.92 Å². The summed E-state index contributed by atoms with van der Waals surface area (Å²) < 4.78 is 10.8. The number of anilines is 2. The average molecular weight is 531 g/mol. The maximum Gasteiger partial charge on any atom is 0.292 e. The lowest BCUT2D eigenvalue weighted by molar-refractivity contribution is -0.384. The van der Waals surface area contributed by atoms with Crippen molar-refractivity contribution >= 4 is 58.5 Å². The van der Waals surface area contributed by atoms with Crippen LogP contribution >= 0.6 is 23.2 Å². The fourth-order valence-corrected chi connectivity index (χ4v) is 4.24. The van der Waals surface area contributed by atoms with E-state index in [1.807, 2.05) is 0 Å². The number of aromatic nitrogens is 1. The molecule has 3 rings (SSSR count). The summed E-state index contributed by atoms with van der Waals surface area (Å²) in [6, 6.07) is 7.84. The molecule has 0 atom stereocenters. The second-order valence-corrected chi connectivity index (χ2v) is 8.63. The summed E-state index contributed by atoms with van der Waals surface area (Å²) in [5.41, 5.74) is 2.66. The molecule has 0 spiro atoms. The highest BCUT2D eigenvalue weighted by Gasteiger charge is 2.22. The van der Waals surface area contributed by atoms with Crippen LogP contribution in [0.4, 0.5) is 17.2 Å². The number of nitrogens with zero attached hydrogens (tertiary/aromatic N) is 3. The lowest BCUT2D eigenvalue weighted by Gasteiger charge is -2.22. The fourth-order valence-electron chi connectivity index (χ4n) is 3.55. The molecule has 2 aromatic carbocycles. The maximum atomic E-state index is 12.0. The van der Waals surface area contributed by atoms with E-state index in [1.165, 1.54) is 32.5 Å². The quantitative estimate of drug-likeness (QED) is 0.197. The number of hydrogen-bond donors (Lipinski definition) is 1. The van der Waals surface area contributed by atoms with Crippen molar-refractivity contribution in [3.8, 4) is 11.5 Å². The van der Waals surface area contributed by atoms with Gasteiger partial charge < -0.3 is 19.7 Å². The molecule has 0 bridgehead atoms. The van der Waals surface area contributed by atoms with Crippen molar-refractivity contribution in [2.75, 3.05) is 33.6 Å². The lowest BCUT2D eigenvalue weighted by Crippen LogP contribution is -2.12. The zero-order valence-corrected chi connectivity index (χ0v) is 21.8. The zero-order valence-electron chi connectivity index (χ0n) is 20.3. The predicted octanol–water partition coefficient (Wildman–Crippen LogP) is 6.24. The number of nitro groups is 1. The van der Waals surface area contributed by atoms with Crippen LogP contribution in [0.5, 0.6) is 11.5 Å². The second kappa shape index (κ2) is 11.3. The summed E-state index contributed by atoms with van der Waals surface area (Å²) >= 11 is 13.2. The average Bonchev–Trinajstić information content (AvgIpc) is 2.85. The summed E-state index contributed by atoms with van der Waals surface area (Å²) in [6.45, 7) is 1.74. The number of carbonyl (C=O) groups is 1. The number of aryl methyl sites for hydroxylation is 1. The number of halogens is 2. The summed E-state index contributed by atoms with van der Waals surface area (Å²) in [5, 5.41) is 15.0. The molecule has 36 heavy (non-hydrogen) atoms. The first kappa shape index (κ1) is 26.8. The Morgan fingerprint density at radius 3 is 2.28 bits per heavy atom. The third-order valence-corrected chi connectivity index (χ3v) is 6.15. The van der Waals surface area contributed by atoms with Crippen molar-refractivity contribution in [1.82, 2.24) is 9.88 Å². The van der Waals surface area contributed by atoms with E-state index in [2.05, 4.69) is 10.3 Å². The van der Waals surface area contributed by atoms with E-state index in [0.717, 1.165) is 0 Å². The minimum absolute atomic E-state index is 0.0976. The van der Waals surface area contributed by atoms with Crippen LogP contribution in [-0.4, -0.2) is 49.4 Å². The topological polar surface area (TPSA) is 107 Å². The number of hydrogen-bond acceptors (Lipinski definition) is 8. The van der Waals surface area contributed by atoms with Gasteiger partial charge >= 0.3 is 0 Å². The molecule has 0 radical (unpaired) electrons. The van der Waals surface area contributed by atoms with Gasteiger partial charge in [-0.15, -0.1) is 0 Å². The monoisotopic (exact) mass is 530 g/mol. The molecule has 11 heteroatoms. The van der Waals surface area contributed by atoms with E-state index in [-0.39, 0.29) is 21.6 Å². The summed E-state index contributed by atoms with van der Waals surface area (Å²) in [5.74, 6) is 1.01. The Labute approximate surface area is 218 Å². The number of pyridine rings is 1. The molecule has 0 saturated heterocycles. The van der Waals surface area contributed by atoms with Gasteiger partial charge in [0.1, 0.15) is 23.0 Å². The van der Waals surface area contributed by atoms with E-state index in [4.69, 9.17) is 32.7 Å². The van der Waals surface area contributed by atoms with Gasteiger partial charge in [-0.1, -0.05) is 35.3 Å². The first-order valence-corrected chi connectivity index (χ1v) is 11.3. The molecule has 0 fully saturated rings. The first-order valence-electron chi connectivity index (χ1n) is 10.6. The normalized spacial score (nSPS) is 11.1. The van der Waals surface area contributed by atoms with Crippen LogP contribution in [-0.2, 0) is 0 Å². The van der Waals surface area contributed by atoms with Gasteiger partial charge in [0.25, 0.3) is 5.69 Å². The molecule has 0 aliphatic carbocycles. The number of methoxy groups -OCH3 is 2. The number of benzene rings is 2. The SMILES string of the molecule is COc1cc(OC)c(Cl)c(/C(=C/c2cnc(Nc3c(C)cccc3[N+](=O)[O-])cc2C=O)N(C)C)c1Cl. The van der Waals surface area contributed by atoms with Crippen LogP contribution in [0.25, 0.3) is 11.8 Å². The summed E-state index contributed by atoms with van der Waals surface area (Å²) in [4.78, 5) is 29.1. The van der Waals surface area contributed by atoms with Gasteiger partial charge in [-0.2, -0.15) is 0 Å². The number of ether oxygens (including phenoxy) is 2. The largest absolute Gasteiger partial charge is 0.495 e. The zero-order chi connectivity index (χ0) is 26.6. The highest BCUT2D eigenvalue weighted by molar-refractivity contribution is 6.39. The van der Waals surface area contributed by atoms with Gasteiger partial charge in [0.15, 0.2) is 6.29 Å². The van der Waals surface area contributed by atoms with E-state index in [0.29, 0.717) is 51.4 Å². The minimum atomic E-state index is -0.480. The molecule has 3 aromatic rings. The van der Waals surface area contributed by atoms with Crippen LogP contribution in [0.3, 0.4) is 0 Å². The van der Waals surface area contributed by atoms with Gasteiger partial charge in [-0.3, -0.25) is 14.9 Å². The number of carbonyl (C=O) groups excluding carboxylic acids is 1. The Balaban J connectivity index is 2.13. The molecule has 1 N–H and O–H groups in total. The van der Waals surface area contributed by atoms with Crippen molar-refractivity contribution in [2.24, 2.45) is 0 Å². The number of nitro benzene ring substituents is 1. The smallest absolute Gasteiger partial charge is 0.292 e. The third kappa shape index (κ3) is 5.37. The summed E-state index contributed by atoms with van der Waals surface area (Å²) in [6.07, 6.45) is 3.87. The Morgan fingerprint density at radius 2 is 1.75 bits per heavy atom. The highest BCUT2D eigenvalue weighted by Crippen LogP contribution is 2.44. The molecule has 9 nitrogen and oxygen atoms in total. The molecular formula is C25H24Cl2N4O5. The van der Waals surface area contributed by atoms with Gasteiger partial charge in [0.2, 0.25) is 0 Å². The predicted molar refractivity (Wildman–Crippen MR) is 142 cm³/mol. The van der Waals surface area contributed by atoms with Crippen LogP contribution < -0.4 is 14.8 Å². The van der Waals surface area contributed by atoms with Crippen molar-refractivity contribution < 1.29 is 19.2 Å². The van der Waals surface area contributed by atoms with E-state index in [1.54, 1.807) is 50.2 Å². The maximum absolute atomic E-state index is 12.0. The Morgan fingerprint density at radius 1 is 1.11 bits per heavy atom. The van der Waals surface area contributed by atoms with Crippen molar-refractivity contribution in [1.29, 1.82) is 0 Å². The lowest BCUT2D eigenvalue weighted by atomic mass is 10.0. The number of para-hydroxylation sites is 1. The van der Waals surface area contributed by atoms with E-state index >= 15 is 0 Å². The standard InChI is InChI=1S/C25H24Cl2N4O5/c1-14-7-6-8-17(31(33)34)25(14)29-21-10-16(13-32)15(12-28-21)9-18(30(2)3)22-23(26)19(35-4)11-20(36-5)24(22)27/h6-13H,1-5H3,(H,28,29)/b18-9-. The van der Waals surface area contributed by atoms with Gasteiger partial charge in [0.05, 0.1) is 29.2 Å². The molecule has 0 amide bonds. The van der Waals surface area contributed by atoms with Crippen LogP contribution in [0.15, 0.2) is 36.5 Å². The van der Waals surface area contributed by atoms with Gasteiger partial charge in [0, 0.05) is 54.8 Å². The van der Waals surface area contributed by atoms with Crippen molar-refractivity contribution in [3.63, 3.8) is 0 Å². The third-order valence-electron chi connectivity index (χ3n) is 5.40. The number of nitrogens with one attached hydrogen (secondary N) is 1. The van der Waals surface area contributed by atoms with E-state index < -0.39 is 4.92 Å². The molecule has 0 unspecified atom stereocenters. The molecular weight excluding hydrogens is 507 g/mol. The Kier molecular flexibility index (Phi) is 8.39. The molecule has 1 heterocycles. The number of aldehydes is 1. The molecule has 0 aliphatic rings. The Bertz CT molecular complexity index is 1330. The molecule has 0 saturated carbocycles. The van der Waals surface area contributed by atoms with Crippen molar-refractivity contribution in [3.05, 3.63) is 78.9 Å². The second-order valence-electron chi connectivity index (χ2n) is 7.88. The fraction of sp³-hybridized carbons (Fsp3) is 0.200. The van der Waals surface area contributed by atoms with Gasteiger partial charge in [-0.05, 0) is 24.6 Å². The summed E-state index contributed by atoms with van der Waals surface area (Å²) in [7, 11) is 6.56. The van der Waals surface area contributed by atoms with Crippen LogP contribution in [0.1, 0.15) is 27.0 Å². The molecule has 1 aromatic heterocycles. The van der Waals surface area contributed by atoms with E-state index in [9.17, 15) is 14.9 Å². The first-order chi connectivity index (χ1) is 17.1. The molecule has 0 aliphatic heterocycles. The minimum Gasteiger partial charge on any atom is -0.495 e. The Hall–Kier alpha value is -3.82. The molecule has 188 valence electrons. The van der Waals surface area contributed by atoms with Gasteiger partial charge in [-0.25, -0.2) is 4.98 Å². The van der Waals surface area contributed by atoms with Crippen LogP contribution in [0.2, 0.25) is 10.0 Å².